The zero-order valence-corrected chi connectivity index (χ0v) is 13.3. The fourth-order valence-electron chi connectivity index (χ4n) is 3.86. The Hall–Kier alpha value is -1.68. The van der Waals surface area contributed by atoms with Crippen molar-refractivity contribution in [3.8, 4) is 0 Å². The van der Waals surface area contributed by atoms with Crippen LogP contribution in [0, 0.1) is 0 Å². The molecule has 0 amide bonds. The molecule has 0 fully saturated rings. The van der Waals surface area contributed by atoms with Crippen LogP contribution in [0.2, 0.25) is 0 Å². The Morgan fingerprint density at radius 2 is 2.14 bits per heavy atom. The minimum absolute atomic E-state index is 0.505. The molecule has 0 saturated heterocycles. The van der Waals surface area contributed by atoms with Gasteiger partial charge in [-0.1, -0.05) is 31.2 Å². The van der Waals surface area contributed by atoms with E-state index < -0.39 is 0 Å². The molecule has 4 rings (SSSR count). The third-order valence-corrected chi connectivity index (χ3v) is 5.02. The molecule has 2 aromatic rings. The first-order valence-corrected chi connectivity index (χ1v) is 8.60. The van der Waals surface area contributed by atoms with E-state index in [0.717, 1.165) is 25.2 Å². The van der Waals surface area contributed by atoms with Crippen molar-refractivity contribution < 1.29 is 0 Å². The van der Waals surface area contributed by atoms with E-state index in [1.807, 2.05) is 0 Å². The number of aromatic nitrogens is 3. The zero-order chi connectivity index (χ0) is 14.9. The lowest BCUT2D eigenvalue weighted by molar-refractivity contribution is 0.311. The van der Waals surface area contributed by atoms with Crippen LogP contribution in [0.25, 0.3) is 0 Å². The van der Waals surface area contributed by atoms with Gasteiger partial charge >= 0.3 is 0 Å². The van der Waals surface area contributed by atoms with E-state index in [0.29, 0.717) is 12.1 Å². The molecule has 1 aromatic heterocycles. The van der Waals surface area contributed by atoms with Crippen LogP contribution in [0.4, 0.5) is 0 Å². The average Bonchev–Trinajstić information content (AvgIpc) is 2.98. The first-order chi connectivity index (χ1) is 10.8. The first-order valence-electron chi connectivity index (χ1n) is 8.60. The average molecular weight is 296 g/mol. The summed E-state index contributed by atoms with van der Waals surface area (Å²) < 4.78 is 2.12. The van der Waals surface area contributed by atoms with E-state index in [1.165, 1.54) is 42.6 Å². The van der Waals surface area contributed by atoms with Crippen molar-refractivity contribution in [1.29, 1.82) is 0 Å². The van der Waals surface area contributed by atoms with E-state index in [1.54, 1.807) is 0 Å². The summed E-state index contributed by atoms with van der Waals surface area (Å²) in [5, 5.41) is 8.52. The van der Waals surface area contributed by atoms with Crippen LogP contribution in [0.3, 0.4) is 0 Å². The number of hydrogen-bond donors (Lipinski definition) is 1. The number of rotatable bonds is 3. The normalized spacial score (nSPS) is 23.9. The third kappa shape index (κ3) is 2.56. The Kier molecular flexibility index (Phi) is 3.70. The summed E-state index contributed by atoms with van der Waals surface area (Å²) in [6, 6.07) is 9.93. The van der Waals surface area contributed by atoms with Crippen molar-refractivity contribution in [3.05, 3.63) is 47.0 Å². The maximum Gasteiger partial charge on any atom is 0.150 e. The van der Waals surface area contributed by atoms with Gasteiger partial charge in [-0.15, -0.1) is 0 Å². The Balaban J connectivity index is 1.49. The van der Waals surface area contributed by atoms with Crippen LogP contribution in [0.1, 0.15) is 55.0 Å². The highest BCUT2D eigenvalue weighted by Crippen LogP contribution is 2.30. The molecule has 0 spiro atoms. The minimum Gasteiger partial charge on any atom is -0.305 e. The van der Waals surface area contributed by atoms with Gasteiger partial charge in [-0.2, -0.15) is 5.10 Å². The van der Waals surface area contributed by atoms with Gasteiger partial charge in [0.25, 0.3) is 0 Å². The van der Waals surface area contributed by atoms with Crippen LogP contribution >= 0.6 is 0 Å². The molecule has 2 aliphatic rings. The van der Waals surface area contributed by atoms with Gasteiger partial charge in [0.15, 0.2) is 5.82 Å². The summed E-state index contributed by atoms with van der Waals surface area (Å²) in [7, 11) is 0. The summed E-state index contributed by atoms with van der Waals surface area (Å²) in [4.78, 5) is 4.61. The fourth-order valence-corrected chi connectivity index (χ4v) is 3.86. The molecule has 0 radical (unpaired) electrons. The highest BCUT2D eigenvalue weighted by atomic mass is 15.4. The number of fused-ring (bicyclic) bond motifs is 2. The fraction of sp³-hybridized carbons (Fsp3) is 0.556. The summed E-state index contributed by atoms with van der Waals surface area (Å²) >= 11 is 0. The first kappa shape index (κ1) is 13.9. The van der Waals surface area contributed by atoms with Crippen molar-refractivity contribution in [3.63, 3.8) is 0 Å². The number of hydrogen-bond acceptors (Lipinski definition) is 3. The van der Waals surface area contributed by atoms with E-state index in [-0.39, 0.29) is 0 Å². The van der Waals surface area contributed by atoms with E-state index in [4.69, 9.17) is 0 Å². The van der Waals surface area contributed by atoms with Gasteiger partial charge in [0.2, 0.25) is 0 Å². The van der Waals surface area contributed by atoms with E-state index >= 15 is 0 Å². The number of aryl methyl sites for hydroxylation is 3. The molecule has 2 atom stereocenters. The Morgan fingerprint density at radius 1 is 1.23 bits per heavy atom. The quantitative estimate of drug-likeness (QED) is 0.947. The second-order valence-electron chi connectivity index (χ2n) is 6.53. The molecule has 22 heavy (non-hydrogen) atoms. The molecule has 4 nitrogen and oxygen atoms in total. The van der Waals surface area contributed by atoms with Crippen LogP contribution in [-0.4, -0.2) is 20.8 Å². The van der Waals surface area contributed by atoms with Gasteiger partial charge in [-0.3, -0.25) is 0 Å². The Bertz CT molecular complexity index is 661. The monoisotopic (exact) mass is 296 g/mol. The predicted octanol–water partition coefficient (Wildman–Crippen LogP) is 2.82. The van der Waals surface area contributed by atoms with Crippen molar-refractivity contribution >= 4 is 0 Å². The maximum absolute atomic E-state index is 4.62. The SMILES string of the molecule is CCc1nc2n(n1)C[C@@H](N[C@@H]1CCCc3ccccc31)CC2. The molecule has 0 bridgehead atoms. The molecule has 1 aromatic carbocycles. The molecule has 0 unspecified atom stereocenters. The summed E-state index contributed by atoms with van der Waals surface area (Å²) in [6.45, 7) is 3.08. The van der Waals surface area contributed by atoms with Gasteiger partial charge < -0.3 is 5.32 Å². The van der Waals surface area contributed by atoms with Crippen LogP contribution < -0.4 is 5.32 Å². The molecule has 1 aliphatic heterocycles. The summed E-state index contributed by atoms with van der Waals surface area (Å²) in [5.41, 5.74) is 3.03. The molecule has 2 heterocycles. The van der Waals surface area contributed by atoms with Gasteiger partial charge in [-0.25, -0.2) is 9.67 Å². The molecule has 1 aliphatic carbocycles. The summed E-state index contributed by atoms with van der Waals surface area (Å²) in [6.07, 6.45) is 6.90. The molecule has 0 saturated carbocycles. The number of benzene rings is 1. The Morgan fingerprint density at radius 3 is 3.05 bits per heavy atom. The highest BCUT2D eigenvalue weighted by molar-refractivity contribution is 5.32. The second-order valence-corrected chi connectivity index (χ2v) is 6.53. The third-order valence-electron chi connectivity index (χ3n) is 5.02. The lowest BCUT2D eigenvalue weighted by atomic mass is 9.87. The Labute approximate surface area is 132 Å². The van der Waals surface area contributed by atoms with Gasteiger partial charge in [0.05, 0.1) is 6.54 Å². The maximum atomic E-state index is 4.62. The molecule has 1 N–H and O–H groups in total. The lowest BCUT2D eigenvalue weighted by Gasteiger charge is -2.32. The number of nitrogens with one attached hydrogen (secondary N) is 1. The van der Waals surface area contributed by atoms with E-state index in [2.05, 4.69) is 51.3 Å². The minimum atomic E-state index is 0.505. The van der Waals surface area contributed by atoms with Crippen LogP contribution in [0.15, 0.2) is 24.3 Å². The van der Waals surface area contributed by atoms with Gasteiger partial charge in [-0.05, 0) is 36.8 Å². The van der Waals surface area contributed by atoms with Gasteiger partial charge in [0.1, 0.15) is 5.82 Å². The smallest absolute Gasteiger partial charge is 0.150 e. The molecular weight excluding hydrogens is 272 g/mol. The molecule has 116 valence electrons. The lowest BCUT2D eigenvalue weighted by Crippen LogP contribution is -2.40. The number of nitrogens with zero attached hydrogens (tertiary/aromatic N) is 3. The van der Waals surface area contributed by atoms with Gasteiger partial charge in [0, 0.05) is 24.9 Å². The topological polar surface area (TPSA) is 42.7 Å². The predicted molar refractivity (Wildman–Crippen MR) is 86.8 cm³/mol. The second kappa shape index (κ2) is 5.84. The highest BCUT2D eigenvalue weighted by Gasteiger charge is 2.26. The summed E-state index contributed by atoms with van der Waals surface area (Å²) in [5.74, 6) is 2.15. The molecular formula is C18H24N4. The van der Waals surface area contributed by atoms with Crippen molar-refractivity contribution in [2.45, 2.75) is 64.1 Å². The zero-order valence-electron chi connectivity index (χ0n) is 13.3. The van der Waals surface area contributed by atoms with Crippen LogP contribution in [-0.2, 0) is 25.8 Å². The van der Waals surface area contributed by atoms with Crippen molar-refractivity contribution in [2.75, 3.05) is 0 Å². The van der Waals surface area contributed by atoms with Crippen LogP contribution in [0.5, 0.6) is 0 Å². The largest absolute Gasteiger partial charge is 0.305 e. The van der Waals surface area contributed by atoms with Crippen molar-refractivity contribution in [2.24, 2.45) is 0 Å². The molecule has 4 heteroatoms. The van der Waals surface area contributed by atoms with E-state index in [9.17, 15) is 0 Å². The standard InChI is InChI=1S/C18H24N4/c1-2-17-20-18-11-10-14(12-22(18)21-17)19-16-9-5-7-13-6-3-4-8-15(13)16/h3-4,6,8,14,16,19H,2,5,7,9-12H2,1H3/t14-,16+/m0/s1. The van der Waals surface area contributed by atoms with Crippen molar-refractivity contribution in [1.82, 2.24) is 20.1 Å².